The molecule has 3 aromatic rings. The number of ketones is 1. The van der Waals surface area contributed by atoms with E-state index in [2.05, 4.69) is 0 Å². The number of Topliss-reactive ketones (excluding diaryl/α,β-unsaturated/α-hetero) is 1. The minimum absolute atomic E-state index is 0.0631. The van der Waals surface area contributed by atoms with Crippen LogP contribution in [0.1, 0.15) is 21.5 Å². The highest BCUT2D eigenvalue weighted by Gasteiger charge is 2.28. The molecule has 1 aliphatic rings. The fourth-order valence-electron chi connectivity index (χ4n) is 3.42. The van der Waals surface area contributed by atoms with Crippen molar-refractivity contribution in [3.8, 4) is 28.7 Å². The van der Waals surface area contributed by atoms with Crippen LogP contribution in [-0.4, -0.2) is 27.1 Å². The Morgan fingerprint density at radius 1 is 1.00 bits per heavy atom. The van der Waals surface area contributed by atoms with Gasteiger partial charge in [0.25, 0.3) is 0 Å². The first-order valence-electron chi connectivity index (χ1n) is 9.89. The number of methoxy groups -OCH3 is 3. The summed E-state index contributed by atoms with van der Waals surface area (Å²) < 4.78 is 41.5. The van der Waals surface area contributed by atoms with E-state index in [0.29, 0.717) is 39.9 Å². The zero-order valence-electron chi connectivity index (χ0n) is 18.1. The topological polar surface area (TPSA) is 63.2 Å². The van der Waals surface area contributed by atoms with Crippen LogP contribution in [0.25, 0.3) is 6.08 Å². The van der Waals surface area contributed by atoms with E-state index in [-0.39, 0.29) is 28.7 Å². The van der Waals surface area contributed by atoms with Gasteiger partial charge in [-0.1, -0.05) is 17.7 Å². The monoisotopic (exact) mass is 470 g/mol. The van der Waals surface area contributed by atoms with Gasteiger partial charge in [-0.15, -0.1) is 0 Å². The molecule has 0 saturated heterocycles. The van der Waals surface area contributed by atoms with Crippen LogP contribution in [0.15, 0.2) is 54.3 Å². The molecule has 0 unspecified atom stereocenters. The number of fused-ring (bicyclic) bond motifs is 1. The van der Waals surface area contributed by atoms with Gasteiger partial charge in [0.05, 0.1) is 31.9 Å². The molecule has 0 aliphatic carbocycles. The number of hydrogen-bond acceptors (Lipinski definition) is 6. The van der Waals surface area contributed by atoms with Crippen LogP contribution >= 0.6 is 11.6 Å². The molecule has 0 saturated carbocycles. The molecule has 8 heteroatoms. The molecular weight excluding hydrogens is 451 g/mol. The molecule has 0 N–H and O–H groups in total. The molecule has 170 valence electrons. The number of hydrogen-bond donors (Lipinski definition) is 0. The molecule has 4 rings (SSSR count). The third-order valence-corrected chi connectivity index (χ3v) is 5.43. The van der Waals surface area contributed by atoms with Gasteiger partial charge < -0.3 is 23.7 Å². The molecule has 6 nitrogen and oxygen atoms in total. The van der Waals surface area contributed by atoms with Crippen molar-refractivity contribution in [3.63, 3.8) is 0 Å². The predicted octanol–water partition coefficient (Wildman–Crippen LogP) is 5.70. The highest BCUT2D eigenvalue weighted by Crippen LogP contribution is 2.40. The van der Waals surface area contributed by atoms with Gasteiger partial charge in [0.1, 0.15) is 23.9 Å². The molecule has 0 aromatic heterocycles. The lowest BCUT2D eigenvalue weighted by Gasteiger charge is -2.13. The molecule has 1 aliphatic heterocycles. The zero-order chi connectivity index (χ0) is 23.5. The van der Waals surface area contributed by atoms with Gasteiger partial charge in [0.15, 0.2) is 17.3 Å². The Morgan fingerprint density at radius 2 is 1.73 bits per heavy atom. The number of benzene rings is 3. The fraction of sp³-hybridized carbons (Fsp3) is 0.160. The van der Waals surface area contributed by atoms with Gasteiger partial charge in [-0.25, -0.2) is 4.39 Å². The fourth-order valence-corrected chi connectivity index (χ4v) is 3.64. The number of rotatable bonds is 7. The summed E-state index contributed by atoms with van der Waals surface area (Å²) in [5.74, 6) is 1.51. The van der Waals surface area contributed by atoms with Gasteiger partial charge >= 0.3 is 0 Å². The van der Waals surface area contributed by atoms with Crippen molar-refractivity contribution in [2.75, 3.05) is 21.3 Å². The summed E-state index contributed by atoms with van der Waals surface area (Å²) in [5, 5.41) is 0.276. The van der Waals surface area contributed by atoms with Crippen molar-refractivity contribution < 1.29 is 32.9 Å². The van der Waals surface area contributed by atoms with E-state index in [4.69, 9.17) is 35.3 Å². The lowest BCUT2D eigenvalue weighted by Crippen LogP contribution is -2.00. The average molecular weight is 471 g/mol. The molecule has 0 fully saturated rings. The third kappa shape index (κ3) is 4.45. The van der Waals surface area contributed by atoms with Crippen molar-refractivity contribution >= 4 is 23.5 Å². The zero-order valence-corrected chi connectivity index (χ0v) is 18.9. The number of carbonyl (C=O) groups excluding carboxylic acids is 1. The van der Waals surface area contributed by atoms with Gasteiger partial charge in [-0.2, -0.15) is 0 Å². The Labute approximate surface area is 195 Å². The molecule has 0 amide bonds. The Morgan fingerprint density at radius 3 is 2.36 bits per heavy atom. The lowest BCUT2D eigenvalue weighted by molar-refractivity contribution is 0.101. The SMILES string of the molecule is COc1cc(C=C2Oc3cc(OCc4c(F)cccc4Cl)ccc3C2=O)cc(OC)c1OC. The van der Waals surface area contributed by atoms with E-state index in [1.54, 1.807) is 42.5 Å². The minimum atomic E-state index is -0.453. The van der Waals surface area contributed by atoms with Crippen molar-refractivity contribution in [1.29, 1.82) is 0 Å². The molecule has 0 spiro atoms. The van der Waals surface area contributed by atoms with E-state index >= 15 is 0 Å². The normalized spacial score (nSPS) is 13.5. The van der Waals surface area contributed by atoms with Crippen molar-refractivity contribution in [2.24, 2.45) is 0 Å². The third-order valence-electron chi connectivity index (χ3n) is 5.07. The standard InChI is InChI=1S/C25H20ClFO6/c1-29-22-10-14(11-23(30-2)25(22)31-3)9-21-24(28)16-8-7-15(12-20(16)33-21)32-13-17-18(26)5-4-6-19(17)27/h4-12H,13H2,1-3H3. The van der Waals surface area contributed by atoms with Crippen LogP contribution in [-0.2, 0) is 6.61 Å². The predicted molar refractivity (Wildman–Crippen MR) is 121 cm³/mol. The van der Waals surface area contributed by atoms with Gasteiger partial charge in [-0.05, 0) is 48.0 Å². The Kier molecular flexibility index (Phi) is 6.42. The van der Waals surface area contributed by atoms with Crippen LogP contribution in [0.5, 0.6) is 28.7 Å². The second-order valence-electron chi connectivity index (χ2n) is 7.05. The Hall–Kier alpha value is -3.71. The summed E-state index contributed by atoms with van der Waals surface area (Å²) in [6.07, 6.45) is 1.59. The maximum Gasteiger partial charge on any atom is 0.231 e. The van der Waals surface area contributed by atoms with E-state index < -0.39 is 5.82 Å². The van der Waals surface area contributed by atoms with Crippen LogP contribution in [0, 0.1) is 5.82 Å². The summed E-state index contributed by atoms with van der Waals surface area (Å²) in [6, 6.07) is 12.7. The summed E-state index contributed by atoms with van der Waals surface area (Å²) in [5.41, 5.74) is 1.27. The summed E-state index contributed by atoms with van der Waals surface area (Å²) in [7, 11) is 4.53. The molecule has 3 aromatic carbocycles. The van der Waals surface area contributed by atoms with E-state index in [1.807, 2.05) is 0 Å². The lowest BCUT2D eigenvalue weighted by atomic mass is 10.1. The van der Waals surface area contributed by atoms with E-state index in [1.165, 1.54) is 33.5 Å². The molecular formula is C25H20ClFO6. The number of carbonyl (C=O) groups is 1. The smallest absolute Gasteiger partial charge is 0.231 e. The Bertz CT molecular complexity index is 1210. The van der Waals surface area contributed by atoms with Crippen molar-refractivity contribution in [3.05, 3.63) is 81.8 Å². The second-order valence-corrected chi connectivity index (χ2v) is 7.45. The van der Waals surface area contributed by atoms with Crippen LogP contribution in [0.3, 0.4) is 0 Å². The van der Waals surface area contributed by atoms with Gasteiger partial charge in [-0.3, -0.25) is 4.79 Å². The van der Waals surface area contributed by atoms with Crippen LogP contribution in [0.2, 0.25) is 5.02 Å². The molecule has 33 heavy (non-hydrogen) atoms. The first kappa shape index (κ1) is 22.5. The van der Waals surface area contributed by atoms with Gasteiger partial charge in [0, 0.05) is 11.6 Å². The molecule has 1 heterocycles. The first-order chi connectivity index (χ1) is 15.9. The maximum atomic E-state index is 14.0. The molecule has 0 atom stereocenters. The van der Waals surface area contributed by atoms with Gasteiger partial charge in [0.2, 0.25) is 11.5 Å². The second kappa shape index (κ2) is 9.42. The Balaban J connectivity index is 1.57. The van der Waals surface area contributed by atoms with Crippen molar-refractivity contribution in [2.45, 2.75) is 6.61 Å². The highest BCUT2D eigenvalue weighted by molar-refractivity contribution is 6.31. The number of ether oxygens (including phenoxy) is 5. The summed E-state index contributed by atoms with van der Waals surface area (Å²) >= 11 is 6.04. The maximum absolute atomic E-state index is 14.0. The minimum Gasteiger partial charge on any atom is -0.493 e. The van der Waals surface area contributed by atoms with E-state index in [9.17, 15) is 9.18 Å². The largest absolute Gasteiger partial charge is 0.493 e. The van der Waals surface area contributed by atoms with Crippen molar-refractivity contribution in [1.82, 2.24) is 0 Å². The highest BCUT2D eigenvalue weighted by atomic mass is 35.5. The molecule has 0 radical (unpaired) electrons. The van der Waals surface area contributed by atoms with Crippen LogP contribution in [0.4, 0.5) is 4.39 Å². The number of allylic oxidation sites excluding steroid dienone is 1. The van der Waals surface area contributed by atoms with E-state index in [0.717, 1.165) is 0 Å². The number of halogens is 2. The summed E-state index contributed by atoms with van der Waals surface area (Å²) in [6.45, 7) is -0.0631. The van der Waals surface area contributed by atoms with Crippen LogP contribution < -0.4 is 23.7 Å². The quantitative estimate of drug-likeness (QED) is 0.413. The summed E-state index contributed by atoms with van der Waals surface area (Å²) in [4.78, 5) is 12.8. The average Bonchev–Trinajstić information content (AvgIpc) is 3.12. The first-order valence-corrected chi connectivity index (χ1v) is 10.3. The molecule has 0 bridgehead atoms.